The molecule has 0 aliphatic heterocycles. The summed E-state index contributed by atoms with van der Waals surface area (Å²) in [5.74, 6) is 0. The fraction of sp³-hybridized carbons (Fsp3) is 0.111. The highest BCUT2D eigenvalue weighted by Crippen LogP contribution is 2.33. The van der Waals surface area contributed by atoms with Crippen molar-refractivity contribution < 1.29 is 8.42 Å². The van der Waals surface area contributed by atoms with Crippen molar-refractivity contribution in [2.45, 2.75) is 11.8 Å². The van der Waals surface area contributed by atoms with E-state index >= 15 is 0 Å². The van der Waals surface area contributed by atoms with Crippen LogP contribution in [0.5, 0.6) is 0 Å². The van der Waals surface area contributed by atoms with Crippen LogP contribution in [0.3, 0.4) is 0 Å². The number of nitrogens with one attached hydrogen (secondary N) is 1. The van der Waals surface area contributed by atoms with Crippen molar-refractivity contribution in [1.29, 1.82) is 0 Å². The maximum atomic E-state index is 12.2. The molecular weight excluding hydrogens is 331 g/mol. The molecule has 0 aliphatic rings. The zero-order valence-corrected chi connectivity index (χ0v) is 12.7. The van der Waals surface area contributed by atoms with Gasteiger partial charge in [-0.25, -0.2) is 8.42 Å². The van der Waals surface area contributed by atoms with E-state index < -0.39 is 10.0 Å². The number of aryl methyl sites for hydroxylation is 1. The Labute approximate surface area is 123 Å². The lowest BCUT2D eigenvalue weighted by atomic mass is 10.3. The Kier molecular flexibility index (Phi) is 3.86. The molecule has 0 spiro atoms. The van der Waals surface area contributed by atoms with Gasteiger partial charge >= 0.3 is 0 Å². The van der Waals surface area contributed by atoms with Crippen LogP contribution in [0.1, 0.15) is 5.01 Å². The summed E-state index contributed by atoms with van der Waals surface area (Å²) in [6.07, 6.45) is 0. The number of halogens is 2. The van der Waals surface area contributed by atoms with Crippen LogP contribution in [0.25, 0.3) is 0 Å². The number of hydrogen-bond acceptors (Lipinski definition) is 6. The zero-order chi connectivity index (χ0) is 14.2. The first kappa shape index (κ1) is 14.3. The largest absolute Gasteiger partial charge is 0.399 e. The maximum Gasteiger partial charge on any atom is 0.266 e. The molecule has 0 aliphatic carbocycles. The van der Waals surface area contributed by atoms with Crippen LogP contribution in [-0.2, 0) is 10.0 Å². The minimum absolute atomic E-state index is 0.0567. The molecule has 19 heavy (non-hydrogen) atoms. The van der Waals surface area contributed by atoms with Crippen molar-refractivity contribution in [1.82, 2.24) is 10.2 Å². The molecule has 2 rings (SSSR count). The first-order valence-corrected chi connectivity index (χ1v) is 7.92. The van der Waals surface area contributed by atoms with Gasteiger partial charge in [0.25, 0.3) is 10.0 Å². The van der Waals surface area contributed by atoms with Gasteiger partial charge in [0, 0.05) is 5.69 Å². The van der Waals surface area contributed by atoms with E-state index in [2.05, 4.69) is 14.9 Å². The van der Waals surface area contributed by atoms with Crippen LogP contribution in [0.2, 0.25) is 10.0 Å². The second-order valence-corrected chi connectivity index (χ2v) is 7.16. The maximum absolute atomic E-state index is 12.2. The Morgan fingerprint density at radius 3 is 2.32 bits per heavy atom. The van der Waals surface area contributed by atoms with E-state index in [9.17, 15) is 8.42 Å². The Morgan fingerprint density at radius 2 is 1.84 bits per heavy atom. The number of sulfonamides is 1. The molecule has 3 N–H and O–H groups in total. The second-order valence-electron chi connectivity index (χ2n) is 3.55. The highest BCUT2D eigenvalue weighted by atomic mass is 35.5. The third-order valence-corrected chi connectivity index (χ3v) is 5.18. The summed E-state index contributed by atoms with van der Waals surface area (Å²) in [7, 11) is -3.94. The minimum atomic E-state index is -3.94. The zero-order valence-electron chi connectivity index (χ0n) is 9.52. The van der Waals surface area contributed by atoms with Gasteiger partial charge in [0.05, 0.1) is 10.0 Å². The first-order valence-electron chi connectivity index (χ1n) is 4.87. The topological polar surface area (TPSA) is 98.0 Å². The van der Waals surface area contributed by atoms with Crippen molar-refractivity contribution in [3.05, 3.63) is 27.2 Å². The van der Waals surface area contributed by atoms with E-state index in [1.54, 1.807) is 6.92 Å². The predicted molar refractivity (Wildman–Crippen MR) is 76.3 cm³/mol. The standard InChI is InChI=1S/C9H8Cl2N4O2S2/c1-4-13-14-9(18-4)15-19(16,17)8-6(10)2-5(12)3-7(8)11/h2-3H,12H2,1H3,(H,14,15). The highest BCUT2D eigenvalue weighted by Gasteiger charge is 2.23. The molecular formula is C9H8Cl2N4O2S2. The molecule has 10 heteroatoms. The number of nitrogens with two attached hydrogens (primary N) is 1. The summed E-state index contributed by atoms with van der Waals surface area (Å²) in [5, 5.41) is 8.04. The average molecular weight is 339 g/mol. The third kappa shape index (κ3) is 3.08. The SMILES string of the molecule is Cc1nnc(NS(=O)(=O)c2c(Cl)cc(N)cc2Cl)s1. The van der Waals surface area contributed by atoms with Crippen molar-refractivity contribution in [3.63, 3.8) is 0 Å². The van der Waals surface area contributed by atoms with Crippen molar-refractivity contribution >= 4 is 55.4 Å². The van der Waals surface area contributed by atoms with E-state index in [0.29, 0.717) is 5.01 Å². The summed E-state index contributed by atoms with van der Waals surface area (Å²) in [4.78, 5) is -0.238. The number of aromatic nitrogens is 2. The summed E-state index contributed by atoms with van der Waals surface area (Å²) < 4.78 is 26.6. The number of benzene rings is 1. The van der Waals surface area contributed by atoms with Gasteiger partial charge in [-0.2, -0.15) is 0 Å². The van der Waals surface area contributed by atoms with Crippen LogP contribution in [0.4, 0.5) is 10.8 Å². The van der Waals surface area contributed by atoms with Crippen LogP contribution >= 0.6 is 34.5 Å². The van der Waals surface area contributed by atoms with Gasteiger partial charge in [0.15, 0.2) is 0 Å². The second kappa shape index (κ2) is 5.12. The fourth-order valence-corrected chi connectivity index (χ4v) is 4.40. The molecule has 1 aromatic carbocycles. The quantitative estimate of drug-likeness (QED) is 0.838. The molecule has 1 aromatic heterocycles. The molecule has 0 radical (unpaired) electrons. The van der Waals surface area contributed by atoms with Gasteiger partial charge < -0.3 is 5.73 Å². The number of hydrogen-bond donors (Lipinski definition) is 2. The van der Waals surface area contributed by atoms with Gasteiger partial charge in [-0.05, 0) is 19.1 Å². The monoisotopic (exact) mass is 338 g/mol. The Balaban J connectivity index is 2.45. The highest BCUT2D eigenvalue weighted by molar-refractivity contribution is 7.93. The molecule has 0 fully saturated rings. The van der Waals surface area contributed by atoms with E-state index in [-0.39, 0.29) is 25.8 Å². The lowest BCUT2D eigenvalue weighted by molar-refractivity contribution is 0.601. The lowest BCUT2D eigenvalue weighted by Gasteiger charge is -2.09. The molecule has 6 nitrogen and oxygen atoms in total. The summed E-state index contributed by atoms with van der Waals surface area (Å²) >= 11 is 12.8. The summed E-state index contributed by atoms with van der Waals surface area (Å²) in [5.41, 5.74) is 5.80. The van der Waals surface area contributed by atoms with Crippen LogP contribution in [0, 0.1) is 6.92 Å². The van der Waals surface area contributed by atoms with E-state index in [1.165, 1.54) is 12.1 Å². The normalized spacial score (nSPS) is 11.5. The predicted octanol–water partition coefficient (Wildman–Crippen LogP) is 2.54. The molecule has 1 heterocycles. The van der Waals surface area contributed by atoms with Crippen molar-refractivity contribution in [2.75, 3.05) is 10.5 Å². The van der Waals surface area contributed by atoms with Crippen molar-refractivity contribution in [3.8, 4) is 0 Å². The third-order valence-electron chi connectivity index (χ3n) is 2.04. The molecule has 0 saturated heterocycles. The van der Waals surface area contributed by atoms with Crippen LogP contribution in [0.15, 0.2) is 17.0 Å². The molecule has 0 atom stereocenters. The van der Waals surface area contributed by atoms with Gasteiger partial charge in [0.1, 0.15) is 9.90 Å². The van der Waals surface area contributed by atoms with Crippen molar-refractivity contribution in [2.24, 2.45) is 0 Å². The number of rotatable bonds is 3. The molecule has 0 saturated carbocycles. The van der Waals surface area contributed by atoms with E-state index in [4.69, 9.17) is 28.9 Å². The number of nitrogen functional groups attached to an aromatic ring is 1. The van der Waals surface area contributed by atoms with E-state index in [0.717, 1.165) is 11.3 Å². The molecule has 0 bridgehead atoms. The summed E-state index contributed by atoms with van der Waals surface area (Å²) in [6, 6.07) is 2.63. The van der Waals surface area contributed by atoms with Crippen LogP contribution in [-0.4, -0.2) is 18.6 Å². The minimum Gasteiger partial charge on any atom is -0.399 e. The van der Waals surface area contributed by atoms with E-state index in [1.807, 2.05) is 0 Å². The molecule has 2 aromatic rings. The molecule has 0 amide bonds. The Morgan fingerprint density at radius 1 is 1.26 bits per heavy atom. The fourth-order valence-electron chi connectivity index (χ4n) is 1.34. The average Bonchev–Trinajstić information content (AvgIpc) is 2.60. The number of nitrogens with zero attached hydrogens (tertiary/aromatic N) is 2. The first-order chi connectivity index (χ1) is 8.79. The Bertz CT molecular complexity index is 707. The van der Waals surface area contributed by atoms with Gasteiger partial charge in [-0.3, -0.25) is 4.72 Å². The Hall–Kier alpha value is -1.09. The smallest absolute Gasteiger partial charge is 0.266 e. The molecule has 102 valence electrons. The van der Waals surface area contributed by atoms with Gasteiger partial charge in [0.2, 0.25) is 5.13 Å². The van der Waals surface area contributed by atoms with Gasteiger partial charge in [-0.15, -0.1) is 10.2 Å². The number of anilines is 2. The molecule has 0 unspecified atom stereocenters. The van der Waals surface area contributed by atoms with Gasteiger partial charge in [-0.1, -0.05) is 34.5 Å². The van der Waals surface area contributed by atoms with Crippen LogP contribution < -0.4 is 10.5 Å². The lowest BCUT2D eigenvalue weighted by Crippen LogP contribution is -2.14. The summed E-state index contributed by atoms with van der Waals surface area (Å²) in [6.45, 7) is 1.71.